The summed E-state index contributed by atoms with van der Waals surface area (Å²) in [6.07, 6.45) is 9.05. The molecule has 0 N–H and O–H groups in total. The van der Waals surface area contributed by atoms with Gasteiger partial charge in [-0.05, 0) is 54.8 Å². The molecule has 0 spiro atoms. The zero-order valence-corrected chi connectivity index (χ0v) is 13.0. The maximum absolute atomic E-state index is 5.78. The summed E-state index contributed by atoms with van der Waals surface area (Å²) in [6, 6.07) is 0. The van der Waals surface area contributed by atoms with Gasteiger partial charge in [-0.2, -0.15) is 0 Å². The summed E-state index contributed by atoms with van der Waals surface area (Å²) in [5, 5.41) is 0. The number of hydrogen-bond acceptors (Lipinski definition) is 3. The molecule has 7 unspecified atom stereocenters. The van der Waals surface area contributed by atoms with Crippen LogP contribution in [0.5, 0.6) is 0 Å². The van der Waals surface area contributed by atoms with Crippen LogP contribution in [0.2, 0.25) is 5.54 Å². The van der Waals surface area contributed by atoms with Crippen molar-refractivity contribution in [2.24, 2.45) is 35.5 Å². The lowest BCUT2D eigenvalue weighted by Crippen LogP contribution is -2.51. The summed E-state index contributed by atoms with van der Waals surface area (Å²) < 4.78 is 17.3. The highest BCUT2D eigenvalue weighted by Crippen LogP contribution is 2.69. The van der Waals surface area contributed by atoms with E-state index < -0.39 is 8.80 Å². The molecule has 4 aliphatic carbocycles. The minimum absolute atomic E-state index is 0.534. The first-order valence-electron chi connectivity index (χ1n) is 7.58. The van der Waals surface area contributed by atoms with Crippen LogP contribution < -0.4 is 0 Å². The molecule has 0 aromatic carbocycles. The molecule has 106 valence electrons. The Kier molecular flexibility index (Phi) is 2.76. The third kappa shape index (κ3) is 1.43. The molecule has 0 aliphatic heterocycles. The maximum Gasteiger partial charge on any atom is 0.503 e. The molecule has 4 heteroatoms. The smallest absolute Gasteiger partial charge is 0.377 e. The molecule has 19 heavy (non-hydrogen) atoms. The average molecular weight is 280 g/mol. The van der Waals surface area contributed by atoms with Crippen molar-refractivity contribution in [1.29, 1.82) is 0 Å². The maximum atomic E-state index is 5.78. The summed E-state index contributed by atoms with van der Waals surface area (Å²) in [6.45, 7) is 0. The highest BCUT2D eigenvalue weighted by atomic mass is 28.4. The Morgan fingerprint density at radius 3 is 2.11 bits per heavy atom. The van der Waals surface area contributed by atoms with Crippen molar-refractivity contribution in [1.82, 2.24) is 0 Å². The Hall–Kier alpha value is -0.163. The van der Waals surface area contributed by atoms with E-state index in [0.717, 1.165) is 35.5 Å². The highest BCUT2D eigenvalue weighted by Gasteiger charge is 2.67. The Bertz CT molecular complexity index is 398. The second-order valence-electron chi connectivity index (χ2n) is 6.82. The topological polar surface area (TPSA) is 27.7 Å². The monoisotopic (exact) mass is 280 g/mol. The molecule has 7 atom stereocenters. The fraction of sp³-hybridized carbons (Fsp3) is 0.867. The predicted molar refractivity (Wildman–Crippen MR) is 74.5 cm³/mol. The van der Waals surface area contributed by atoms with E-state index in [2.05, 4.69) is 12.2 Å². The van der Waals surface area contributed by atoms with Crippen LogP contribution in [0, 0.1) is 35.5 Å². The molecule has 3 saturated carbocycles. The quantitative estimate of drug-likeness (QED) is 0.450. The van der Waals surface area contributed by atoms with Crippen molar-refractivity contribution in [3.63, 3.8) is 0 Å². The average Bonchev–Trinajstić information content (AvgIpc) is 3.20. The van der Waals surface area contributed by atoms with Gasteiger partial charge in [0.25, 0.3) is 0 Å². The van der Waals surface area contributed by atoms with Crippen molar-refractivity contribution in [2.45, 2.75) is 24.8 Å². The van der Waals surface area contributed by atoms with Gasteiger partial charge in [0.05, 0.1) is 0 Å². The molecule has 0 aromatic heterocycles. The van der Waals surface area contributed by atoms with E-state index in [9.17, 15) is 0 Å². The fourth-order valence-electron chi connectivity index (χ4n) is 6.13. The summed E-state index contributed by atoms with van der Waals surface area (Å²) in [5.41, 5.74) is 0.534. The van der Waals surface area contributed by atoms with Gasteiger partial charge in [-0.3, -0.25) is 0 Å². The van der Waals surface area contributed by atoms with Gasteiger partial charge in [0.2, 0.25) is 0 Å². The van der Waals surface area contributed by atoms with Gasteiger partial charge < -0.3 is 13.3 Å². The van der Waals surface area contributed by atoms with Crippen LogP contribution in [-0.4, -0.2) is 30.1 Å². The van der Waals surface area contributed by atoms with E-state index >= 15 is 0 Å². The first kappa shape index (κ1) is 12.6. The third-order valence-electron chi connectivity index (χ3n) is 6.58. The molecular formula is C15H24O3Si. The van der Waals surface area contributed by atoms with E-state index in [-0.39, 0.29) is 0 Å². The van der Waals surface area contributed by atoms with Gasteiger partial charge in [-0.1, -0.05) is 12.2 Å². The number of rotatable bonds is 4. The van der Waals surface area contributed by atoms with Gasteiger partial charge in [0, 0.05) is 26.9 Å². The van der Waals surface area contributed by atoms with E-state index in [0.29, 0.717) is 5.54 Å². The molecule has 0 heterocycles. The minimum atomic E-state index is -2.45. The largest absolute Gasteiger partial charge is 0.503 e. The Balaban J connectivity index is 1.64. The van der Waals surface area contributed by atoms with Crippen LogP contribution >= 0.6 is 0 Å². The second kappa shape index (κ2) is 4.17. The summed E-state index contributed by atoms with van der Waals surface area (Å²) in [4.78, 5) is 0. The second-order valence-corrected chi connectivity index (χ2v) is 9.99. The number of hydrogen-bond donors (Lipinski definition) is 0. The van der Waals surface area contributed by atoms with Crippen LogP contribution in [0.15, 0.2) is 12.2 Å². The first-order chi connectivity index (χ1) is 9.24. The highest BCUT2D eigenvalue weighted by molar-refractivity contribution is 6.62. The molecular weight excluding hydrogens is 256 g/mol. The summed E-state index contributed by atoms with van der Waals surface area (Å²) in [7, 11) is 2.85. The molecule has 3 fully saturated rings. The molecule has 4 bridgehead atoms. The Morgan fingerprint density at radius 1 is 0.842 bits per heavy atom. The van der Waals surface area contributed by atoms with Gasteiger partial charge in [0.15, 0.2) is 0 Å². The van der Waals surface area contributed by atoms with E-state index in [1.807, 2.05) is 0 Å². The summed E-state index contributed by atoms with van der Waals surface area (Å²) >= 11 is 0. The minimum Gasteiger partial charge on any atom is -0.377 e. The Morgan fingerprint density at radius 2 is 1.47 bits per heavy atom. The van der Waals surface area contributed by atoms with Crippen LogP contribution in [0.1, 0.15) is 19.3 Å². The zero-order valence-electron chi connectivity index (χ0n) is 12.0. The van der Waals surface area contributed by atoms with E-state index in [1.165, 1.54) is 19.3 Å². The van der Waals surface area contributed by atoms with Crippen LogP contribution in [0.4, 0.5) is 0 Å². The van der Waals surface area contributed by atoms with Crippen LogP contribution in [0.3, 0.4) is 0 Å². The molecule has 0 radical (unpaired) electrons. The summed E-state index contributed by atoms with van der Waals surface area (Å²) in [5.74, 6) is 5.26. The Labute approximate surface area is 116 Å². The van der Waals surface area contributed by atoms with Crippen molar-refractivity contribution in [2.75, 3.05) is 21.3 Å². The molecule has 3 nitrogen and oxygen atoms in total. The zero-order chi connectivity index (χ0) is 13.2. The van der Waals surface area contributed by atoms with E-state index in [4.69, 9.17) is 13.3 Å². The van der Waals surface area contributed by atoms with Crippen molar-refractivity contribution in [3.8, 4) is 0 Å². The standard InChI is InChI=1S/C15H24O3Si/c1-16-19(17-2,18-3)13-8-11-7-12(13)15-10-5-4-9(6-10)14(11)15/h4-5,9-15H,6-8H2,1-3H3. The van der Waals surface area contributed by atoms with Gasteiger partial charge in [-0.25, -0.2) is 0 Å². The molecule has 4 aliphatic rings. The lowest BCUT2D eigenvalue weighted by molar-refractivity contribution is 0.0835. The number of fused-ring (bicyclic) bond motifs is 9. The van der Waals surface area contributed by atoms with Gasteiger partial charge in [0.1, 0.15) is 0 Å². The fourth-order valence-corrected chi connectivity index (χ4v) is 9.01. The van der Waals surface area contributed by atoms with Crippen molar-refractivity contribution < 1.29 is 13.3 Å². The first-order valence-corrected chi connectivity index (χ1v) is 9.38. The SMILES string of the molecule is CO[Si](OC)(OC)C1CC2CC1C1C3C=CC(C3)C21. The van der Waals surface area contributed by atoms with E-state index in [1.54, 1.807) is 21.3 Å². The molecule has 0 aromatic rings. The number of allylic oxidation sites excluding steroid dienone is 2. The normalized spacial score (nSPS) is 50.2. The predicted octanol–water partition coefficient (Wildman–Crippen LogP) is 2.71. The lowest BCUT2D eigenvalue weighted by atomic mass is 9.73. The molecule has 0 saturated heterocycles. The third-order valence-corrected chi connectivity index (χ3v) is 9.86. The van der Waals surface area contributed by atoms with Crippen LogP contribution in [0.25, 0.3) is 0 Å². The molecule has 4 rings (SSSR count). The van der Waals surface area contributed by atoms with Gasteiger partial charge in [-0.15, -0.1) is 0 Å². The lowest BCUT2D eigenvalue weighted by Gasteiger charge is -2.41. The van der Waals surface area contributed by atoms with Crippen molar-refractivity contribution >= 4 is 8.80 Å². The van der Waals surface area contributed by atoms with Crippen molar-refractivity contribution in [3.05, 3.63) is 12.2 Å². The van der Waals surface area contributed by atoms with Crippen LogP contribution in [-0.2, 0) is 13.3 Å². The molecule has 0 amide bonds. The van der Waals surface area contributed by atoms with Gasteiger partial charge >= 0.3 is 8.80 Å².